The van der Waals surface area contributed by atoms with Crippen molar-refractivity contribution >= 4 is 17.5 Å². The van der Waals surface area contributed by atoms with Crippen LogP contribution >= 0.6 is 0 Å². The van der Waals surface area contributed by atoms with Crippen LogP contribution < -0.4 is 21.1 Å². The van der Waals surface area contributed by atoms with Crippen LogP contribution in [0.4, 0.5) is 51.1 Å². The molecule has 11 nitrogen and oxygen atoms in total. The van der Waals surface area contributed by atoms with Gasteiger partial charge in [0, 0.05) is 51.0 Å². The van der Waals surface area contributed by atoms with Crippen LogP contribution in [0.5, 0.6) is 0 Å². The predicted molar refractivity (Wildman–Crippen MR) is 135 cm³/mol. The lowest BCUT2D eigenvalue weighted by atomic mass is 10.0. The highest BCUT2D eigenvalue weighted by Crippen LogP contribution is 2.32. The molecule has 44 heavy (non-hydrogen) atoms. The van der Waals surface area contributed by atoms with Crippen LogP contribution in [0.1, 0.15) is 30.4 Å². The quantitative estimate of drug-likeness (QED) is 0.334. The average molecular weight is 647 g/mol. The molecule has 244 valence electrons. The van der Waals surface area contributed by atoms with Gasteiger partial charge < -0.3 is 25.2 Å². The van der Waals surface area contributed by atoms with Gasteiger partial charge in [-0.3, -0.25) is 9.59 Å². The number of hydrogen-bond acceptors (Lipinski definition) is 9. The molecule has 2 unspecified atom stereocenters. The summed E-state index contributed by atoms with van der Waals surface area (Å²) in [5, 5.41) is 9.42. The standard InChI is InChI=1S/C24H27F9N8O3/c25-22(26,27)12-34-9-14(38-16-10-37-39-19(42)18(16)24(31,32)33)11-44-17-3-6-41(20(17)43)15-1-4-40(5-2-15)21-35-7-13(8-36-21)23(28,29)30/h7-8,10,14-15,17,34H,1-6,9,11-12H2,(H2,38,39,42). The molecule has 2 aromatic heterocycles. The Bertz CT molecular complexity index is 1330. The van der Waals surface area contributed by atoms with Crippen molar-refractivity contribution in [1.82, 2.24) is 30.4 Å². The zero-order chi connectivity index (χ0) is 32.3. The molecule has 2 atom stereocenters. The van der Waals surface area contributed by atoms with Gasteiger partial charge in [0.15, 0.2) is 0 Å². The van der Waals surface area contributed by atoms with Crippen molar-refractivity contribution < 1.29 is 49.0 Å². The minimum Gasteiger partial charge on any atom is -0.377 e. The first-order valence-electron chi connectivity index (χ1n) is 13.3. The largest absolute Gasteiger partial charge is 0.423 e. The number of nitrogens with one attached hydrogen (secondary N) is 3. The van der Waals surface area contributed by atoms with Gasteiger partial charge in [0.05, 0.1) is 36.6 Å². The maximum atomic E-state index is 13.5. The minimum atomic E-state index is -5.10. The molecule has 0 spiro atoms. The monoisotopic (exact) mass is 646 g/mol. The Morgan fingerprint density at radius 3 is 2.18 bits per heavy atom. The minimum absolute atomic E-state index is 0.118. The van der Waals surface area contributed by atoms with Crippen LogP contribution in [-0.4, -0.2) is 94.7 Å². The second kappa shape index (κ2) is 13.1. The highest BCUT2D eigenvalue weighted by atomic mass is 19.4. The average Bonchev–Trinajstić information content (AvgIpc) is 3.30. The lowest BCUT2D eigenvalue weighted by Crippen LogP contribution is -2.47. The molecule has 0 saturated carbocycles. The zero-order valence-electron chi connectivity index (χ0n) is 22.7. The van der Waals surface area contributed by atoms with Crippen LogP contribution in [0.3, 0.4) is 0 Å². The molecular weight excluding hydrogens is 619 g/mol. The van der Waals surface area contributed by atoms with Gasteiger partial charge in [0.25, 0.3) is 11.5 Å². The van der Waals surface area contributed by atoms with E-state index in [0.29, 0.717) is 44.5 Å². The van der Waals surface area contributed by atoms with Gasteiger partial charge in [-0.1, -0.05) is 0 Å². The van der Waals surface area contributed by atoms with Crippen LogP contribution in [0.25, 0.3) is 0 Å². The number of anilines is 2. The number of amides is 1. The fraction of sp³-hybridized carbons (Fsp3) is 0.625. The van der Waals surface area contributed by atoms with Gasteiger partial charge >= 0.3 is 18.5 Å². The number of aromatic nitrogens is 4. The van der Waals surface area contributed by atoms with Gasteiger partial charge in [0.1, 0.15) is 11.7 Å². The van der Waals surface area contributed by atoms with Crippen LogP contribution in [-0.2, 0) is 21.9 Å². The van der Waals surface area contributed by atoms with Gasteiger partial charge in [0.2, 0.25) is 5.95 Å². The van der Waals surface area contributed by atoms with E-state index in [0.717, 1.165) is 0 Å². The summed E-state index contributed by atoms with van der Waals surface area (Å²) in [4.78, 5) is 35.7. The Kier molecular flexibility index (Phi) is 9.91. The summed E-state index contributed by atoms with van der Waals surface area (Å²) in [7, 11) is 0. The molecule has 3 N–H and O–H groups in total. The number of nitrogens with zero attached hydrogens (tertiary/aromatic N) is 5. The Morgan fingerprint density at radius 1 is 0.932 bits per heavy atom. The number of aromatic amines is 1. The first kappa shape index (κ1) is 33.2. The van der Waals surface area contributed by atoms with E-state index >= 15 is 0 Å². The molecule has 0 bridgehead atoms. The van der Waals surface area contributed by atoms with E-state index < -0.39 is 78.7 Å². The number of hydrogen-bond donors (Lipinski definition) is 3. The van der Waals surface area contributed by atoms with E-state index in [1.54, 1.807) is 14.9 Å². The van der Waals surface area contributed by atoms with Crippen molar-refractivity contribution in [3.63, 3.8) is 0 Å². The summed E-state index contributed by atoms with van der Waals surface area (Å²) in [6.45, 7) is -1.47. The summed E-state index contributed by atoms with van der Waals surface area (Å²) in [6.07, 6.45) is -12.1. The summed E-state index contributed by atoms with van der Waals surface area (Å²) in [6, 6.07) is -1.46. The Labute approximate surface area is 243 Å². The maximum absolute atomic E-state index is 13.5. The number of ether oxygens (including phenoxy) is 1. The number of carbonyl (C=O) groups is 1. The van der Waals surface area contributed by atoms with Crippen molar-refractivity contribution in [3.8, 4) is 0 Å². The van der Waals surface area contributed by atoms with Crippen molar-refractivity contribution in [2.75, 3.05) is 49.5 Å². The van der Waals surface area contributed by atoms with Gasteiger partial charge in [-0.15, -0.1) is 0 Å². The SMILES string of the molecule is O=C1C(OCC(CNCC(F)(F)F)Nc2cn[nH]c(=O)c2C(F)(F)F)CCN1C1CCN(c2ncc(C(F)(F)F)cn2)CC1. The molecule has 4 rings (SSSR count). The molecule has 20 heteroatoms. The maximum Gasteiger partial charge on any atom is 0.423 e. The lowest BCUT2D eigenvalue weighted by molar-refractivity contribution is -0.139. The van der Waals surface area contributed by atoms with Crippen LogP contribution in [0, 0.1) is 0 Å². The third kappa shape index (κ3) is 8.48. The van der Waals surface area contributed by atoms with E-state index in [1.165, 1.54) is 0 Å². The zero-order valence-corrected chi connectivity index (χ0v) is 22.7. The molecule has 1 amide bonds. The van der Waals surface area contributed by atoms with Crippen molar-refractivity contribution in [2.45, 2.75) is 56.0 Å². The molecule has 2 aliphatic rings. The van der Waals surface area contributed by atoms with E-state index in [9.17, 15) is 49.1 Å². The van der Waals surface area contributed by atoms with Crippen LogP contribution in [0.2, 0.25) is 0 Å². The Morgan fingerprint density at radius 2 is 1.59 bits per heavy atom. The van der Waals surface area contributed by atoms with Gasteiger partial charge in [-0.25, -0.2) is 15.1 Å². The highest BCUT2D eigenvalue weighted by molar-refractivity contribution is 5.83. The lowest BCUT2D eigenvalue weighted by Gasteiger charge is -2.36. The number of likely N-dealkylation sites (tertiary alicyclic amines) is 1. The van der Waals surface area contributed by atoms with Gasteiger partial charge in [-0.05, 0) is 12.8 Å². The molecule has 2 saturated heterocycles. The predicted octanol–water partition coefficient (Wildman–Crippen LogP) is 2.82. The summed E-state index contributed by atoms with van der Waals surface area (Å²) < 4.78 is 122. The van der Waals surface area contributed by atoms with E-state index in [-0.39, 0.29) is 25.0 Å². The molecule has 4 heterocycles. The molecule has 2 aromatic rings. The second-order valence-corrected chi connectivity index (χ2v) is 10.2. The number of halogens is 9. The summed E-state index contributed by atoms with van der Waals surface area (Å²) in [5.74, 6) is -0.294. The number of H-pyrrole nitrogens is 1. The van der Waals surface area contributed by atoms with Gasteiger partial charge in [-0.2, -0.15) is 44.6 Å². The number of carbonyl (C=O) groups excluding carboxylic acids is 1. The Hall–Kier alpha value is -3.68. The second-order valence-electron chi connectivity index (χ2n) is 10.2. The molecule has 0 radical (unpaired) electrons. The number of rotatable bonds is 10. The topological polar surface area (TPSA) is 128 Å². The fourth-order valence-electron chi connectivity index (χ4n) is 4.98. The summed E-state index contributed by atoms with van der Waals surface area (Å²) >= 11 is 0. The third-order valence-electron chi connectivity index (χ3n) is 7.06. The first-order chi connectivity index (χ1) is 20.5. The van der Waals surface area contributed by atoms with Crippen LogP contribution in [0.15, 0.2) is 23.4 Å². The number of alkyl halides is 9. The van der Waals surface area contributed by atoms with Crippen molar-refractivity contribution in [3.05, 3.63) is 40.1 Å². The normalized spacial score (nSPS) is 19.5. The van der Waals surface area contributed by atoms with E-state index in [2.05, 4.69) is 25.7 Å². The molecule has 2 fully saturated rings. The third-order valence-corrected chi connectivity index (χ3v) is 7.06. The molecule has 0 aromatic carbocycles. The highest BCUT2D eigenvalue weighted by Gasteiger charge is 2.40. The van der Waals surface area contributed by atoms with E-state index in [4.69, 9.17) is 4.74 Å². The molecule has 2 aliphatic heterocycles. The van der Waals surface area contributed by atoms with E-state index in [1.807, 2.05) is 0 Å². The molecule has 0 aliphatic carbocycles. The van der Waals surface area contributed by atoms with Crippen molar-refractivity contribution in [2.24, 2.45) is 0 Å². The smallest absolute Gasteiger partial charge is 0.377 e. The fourth-order valence-corrected chi connectivity index (χ4v) is 4.98. The molecular formula is C24H27F9N8O3. The Balaban J connectivity index is 1.35. The number of piperidine rings is 1. The van der Waals surface area contributed by atoms with Crippen molar-refractivity contribution in [1.29, 1.82) is 0 Å². The first-order valence-corrected chi connectivity index (χ1v) is 13.3. The summed E-state index contributed by atoms with van der Waals surface area (Å²) in [5.41, 5.74) is -4.92.